The second-order valence-electron chi connectivity index (χ2n) is 6.09. The number of alkyl halides is 3. The lowest BCUT2D eigenvalue weighted by Crippen LogP contribution is -2.38. The zero-order valence-electron chi connectivity index (χ0n) is 14.7. The summed E-state index contributed by atoms with van der Waals surface area (Å²) in [6.07, 6.45) is -3.97. The van der Waals surface area contributed by atoms with E-state index in [9.17, 15) is 13.2 Å². The van der Waals surface area contributed by atoms with E-state index in [0.29, 0.717) is 18.1 Å². The third-order valence-electron chi connectivity index (χ3n) is 4.18. The minimum Gasteiger partial charge on any atom is -0.405 e. The molecule has 2 aromatic rings. The summed E-state index contributed by atoms with van der Waals surface area (Å²) in [5, 5.41) is 6.46. The molecule has 0 saturated heterocycles. The van der Waals surface area contributed by atoms with E-state index in [2.05, 4.69) is 20.4 Å². The number of ether oxygens (including phenoxy) is 1. The zero-order valence-corrected chi connectivity index (χ0v) is 17.0. The van der Waals surface area contributed by atoms with E-state index >= 15 is 0 Å². The van der Waals surface area contributed by atoms with Gasteiger partial charge in [-0.2, -0.15) is 0 Å². The number of para-hydroxylation sites is 1. The molecule has 0 spiro atoms. The Hall–Kier alpha value is -1.97. The summed E-state index contributed by atoms with van der Waals surface area (Å²) in [5.74, 6) is 0.445. The average Bonchev–Trinajstić information content (AvgIpc) is 3.37. The number of rotatable bonds is 5. The van der Waals surface area contributed by atoms with Gasteiger partial charge < -0.3 is 15.4 Å². The van der Waals surface area contributed by atoms with Gasteiger partial charge in [0, 0.05) is 25.6 Å². The summed E-state index contributed by atoms with van der Waals surface area (Å²) in [6, 6.07) is 16.2. The molecule has 3 rings (SSSR count). The van der Waals surface area contributed by atoms with Crippen LogP contribution in [0.5, 0.6) is 5.75 Å². The fourth-order valence-corrected chi connectivity index (χ4v) is 2.85. The molecule has 0 aliphatic heterocycles. The van der Waals surface area contributed by atoms with Crippen molar-refractivity contribution in [2.24, 2.45) is 4.99 Å². The molecule has 146 valence electrons. The van der Waals surface area contributed by atoms with Crippen LogP contribution in [0.15, 0.2) is 59.6 Å². The first-order valence-corrected chi connectivity index (χ1v) is 8.32. The lowest BCUT2D eigenvalue weighted by molar-refractivity contribution is -0.274. The van der Waals surface area contributed by atoms with Crippen molar-refractivity contribution in [3.63, 3.8) is 0 Å². The van der Waals surface area contributed by atoms with Gasteiger partial charge in [-0.3, -0.25) is 4.99 Å². The summed E-state index contributed by atoms with van der Waals surface area (Å²) >= 11 is 0. The molecule has 1 fully saturated rings. The maximum absolute atomic E-state index is 12.6. The van der Waals surface area contributed by atoms with E-state index < -0.39 is 6.36 Å². The minimum absolute atomic E-state index is 0. The molecule has 0 amide bonds. The molecule has 27 heavy (non-hydrogen) atoms. The molecule has 1 aliphatic carbocycles. The number of hydrogen-bond acceptors (Lipinski definition) is 2. The predicted octanol–water partition coefficient (Wildman–Crippen LogP) is 4.42. The van der Waals surface area contributed by atoms with Gasteiger partial charge in [0.25, 0.3) is 0 Å². The Labute approximate surface area is 173 Å². The highest BCUT2D eigenvalue weighted by Crippen LogP contribution is 2.45. The zero-order chi connectivity index (χ0) is 18.6. The minimum atomic E-state index is -4.69. The average molecular weight is 491 g/mol. The fraction of sp³-hybridized carbons (Fsp3) is 0.316. The van der Waals surface area contributed by atoms with Crippen LogP contribution in [0.3, 0.4) is 0 Å². The highest BCUT2D eigenvalue weighted by molar-refractivity contribution is 14.0. The lowest BCUT2D eigenvalue weighted by Gasteiger charge is -2.14. The Morgan fingerprint density at radius 3 is 2.44 bits per heavy atom. The van der Waals surface area contributed by atoms with Crippen LogP contribution in [0, 0.1) is 0 Å². The third-order valence-corrected chi connectivity index (χ3v) is 4.18. The normalized spacial score (nSPS) is 19.0. The molecule has 2 N–H and O–H groups in total. The predicted molar refractivity (Wildman–Crippen MR) is 109 cm³/mol. The van der Waals surface area contributed by atoms with E-state index in [4.69, 9.17) is 0 Å². The van der Waals surface area contributed by atoms with Crippen LogP contribution in [0.1, 0.15) is 23.5 Å². The molecule has 4 nitrogen and oxygen atoms in total. The van der Waals surface area contributed by atoms with Crippen molar-refractivity contribution < 1.29 is 17.9 Å². The topological polar surface area (TPSA) is 45.7 Å². The molecular formula is C19H21F3IN3O. The Morgan fingerprint density at radius 2 is 1.78 bits per heavy atom. The van der Waals surface area contributed by atoms with Gasteiger partial charge in [0.2, 0.25) is 0 Å². The quantitative estimate of drug-likeness (QED) is 0.370. The first kappa shape index (κ1) is 21.3. The maximum atomic E-state index is 12.6. The molecule has 2 atom stereocenters. The van der Waals surface area contributed by atoms with Crippen molar-refractivity contribution in [1.82, 2.24) is 10.6 Å². The van der Waals surface area contributed by atoms with Crippen molar-refractivity contribution in [2.75, 3.05) is 7.05 Å². The smallest absolute Gasteiger partial charge is 0.405 e. The van der Waals surface area contributed by atoms with Crippen molar-refractivity contribution in [1.29, 1.82) is 0 Å². The summed E-state index contributed by atoms with van der Waals surface area (Å²) in [6.45, 7) is 0.617. The lowest BCUT2D eigenvalue weighted by atomic mass is 10.1. The highest BCUT2D eigenvalue weighted by atomic mass is 127. The summed E-state index contributed by atoms with van der Waals surface area (Å²) in [7, 11) is 1.67. The van der Waals surface area contributed by atoms with Gasteiger partial charge in [-0.05, 0) is 23.6 Å². The van der Waals surface area contributed by atoms with Gasteiger partial charge in [0.05, 0.1) is 0 Å². The van der Waals surface area contributed by atoms with Crippen molar-refractivity contribution >= 4 is 29.9 Å². The number of hydrogen-bond donors (Lipinski definition) is 2. The molecule has 0 heterocycles. The summed E-state index contributed by atoms with van der Waals surface area (Å²) in [5.41, 5.74) is 1.67. The van der Waals surface area contributed by atoms with Crippen LogP contribution < -0.4 is 15.4 Å². The molecular weight excluding hydrogens is 470 g/mol. The standard InChI is InChI=1S/C19H20F3N3O.HI/c1-23-18(24-12-13-7-3-2-4-8-13)25-16-11-15(16)14-9-5-6-10-17(14)26-19(20,21)22;/h2-10,15-16H,11-12H2,1H3,(H2,23,24,25);1H. The number of aliphatic imine (C=N–C) groups is 1. The Balaban J connectivity index is 0.00000261. The summed E-state index contributed by atoms with van der Waals surface area (Å²) < 4.78 is 41.8. The van der Waals surface area contributed by atoms with E-state index in [1.165, 1.54) is 12.1 Å². The van der Waals surface area contributed by atoms with Crippen LogP contribution >= 0.6 is 24.0 Å². The molecule has 8 heteroatoms. The van der Waals surface area contributed by atoms with Crippen LogP contribution in [0.2, 0.25) is 0 Å². The first-order valence-electron chi connectivity index (χ1n) is 8.32. The maximum Gasteiger partial charge on any atom is 0.573 e. The van der Waals surface area contributed by atoms with Crippen LogP contribution in [0.25, 0.3) is 0 Å². The number of benzene rings is 2. The second kappa shape index (κ2) is 9.29. The second-order valence-corrected chi connectivity index (χ2v) is 6.09. The SMILES string of the molecule is CN=C(NCc1ccccc1)NC1CC1c1ccccc1OC(F)(F)F.I. The van der Waals surface area contributed by atoms with E-state index in [-0.39, 0.29) is 41.7 Å². The van der Waals surface area contributed by atoms with E-state index in [1.54, 1.807) is 19.2 Å². The fourth-order valence-electron chi connectivity index (χ4n) is 2.85. The van der Waals surface area contributed by atoms with Crippen LogP contribution in [0.4, 0.5) is 13.2 Å². The Morgan fingerprint density at radius 1 is 1.11 bits per heavy atom. The first-order chi connectivity index (χ1) is 12.5. The van der Waals surface area contributed by atoms with Crippen LogP contribution in [-0.4, -0.2) is 25.4 Å². The molecule has 2 unspecified atom stereocenters. The Bertz CT molecular complexity index is 768. The van der Waals surface area contributed by atoms with Gasteiger partial charge in [-0.25, -0.2) is 0 Å². The van der Waals surface area contributed by atoms with Crippen molar-refractivity contribution in [3.8, 4) is 5.75 Å². The molecule has 0 bridgehead atoms. The molecule has 0 aromatic heterocycles. The summed E-state index contributed by atoms with van der Waals surface area (Å²) in [4.78, 5) is 4.18. The molecule has 1 aliphatic rings. The number of halogens is 4. The van der Waals surface area contributed by atoms with Crippen LogP contribution in [-0.2, 0) is 6.54 Å². The highest BCUT2D eigenvalue weighted by Gasteiger charge is 2.42. The van der Waals surface area contributed by atoms with Gasteiger partial charge in [0.1, 0.15) is 5.75 Å². The van der Waals surface area contributed by atoms with Gasteiger partial charge in [-0.15, -0.1) is 37.1 Å². The van der Waals surface area contributed by atoms with Gasteiger partial charge >= 0.3 is 6.36 Å². The van der Waals surface area contributed by atoms with Gasteiger partial charge in [0.15, 0.2) is 5.96 Å². The van der Waals surface area contributed by atoms with E-state index in [1.807, 2.05) is 30.3 Å². The third kappa shape index (κ3) is 6.30. The largest absolute Gasteiger partial charge is 0.573 e. The monoisotopic (exact) mass is 491 g/mol. The number of guanidine groups is 1. The number of nitrogens with zero attached hydrogens (tertiary/aromatic N) is 1. The molecule has 1 saturated carbocycles. The van der Waals surface area contributed by atoms with E-state index in [0.717, 1.165) is 12.0 Å². The molecule has 0 radical (unpaired) electrons. The Kier molecular flexibility index (Phi) is 7.34. The molecule has 2 aromatic carbocycles. The van der Waals surface area contributed by atoms with Crippen molar-refractivity contribution in [2.45, 2.75) is 31.3 Å². The van der Waals surface area contributed by atoms with Crippen molar-refractivity contribution in [3.05, 3.63) is 65.7 Å². The number of nitrogens with one attached hydrogen (secondary N) is 2. The van der Waals surface area contributed by atoms with Gasteiger partial charge in [-0.1, -0.05) is 48.5 Å².